The van der Waals surface area contributed by atoms with E-state index in [-0.39, 0.29) is 5.91 Å². The number of rotatable bonds is 5. The molecule has 0 aliphatic carbocycles. The number of nitrogens with zero attached hydrogens (tertiary/aromatic N) is 1. The zero-order valence-corrected chi connectivity index (χ0v) is 14.8. The molecular formula is C19H29N3O2. The van der Waals surface area contributed by atoms with Crippen molar-refractivity contribution in [2.75, 3.05) is 33.3 Å². The number of piperidine rings is 1. The van der Waals surface area contributed by atoms with Crippen LogP contribution in [0.25, 0.3) is 0 Å². The molecule has 0 saturated carbocycles. The third-order valence-electron chi connectivity index (χ3n) is 5.56. The van der Waals surface area contributed by atoms with Crippen LogP contribution in [0, 0.1) is 0 Å². The molecule has 0 aromatic heterocycles. The van der Waals surface area contributed by atoms with Crippen molar-refractivity contribution in [2.45, 2.75) is 44.4 Å². The highest BCUT2D eigenvalue weighted by Crippen LogP contribution is 2.23. The molecular weight excluding hydrogens is 302 g/mol. The minimum atomic E-state index is -0.653. The molecule has 5 nitrogen and oxygen atoms in total. The number of carbonyl (C=O) groups is 1. The van der Waals surface area contributed by atoms with E-state index >= 15 is 0 Å². The van der Waals surface area contributed by atoms with E-state index in [0.717, 1.165) is 45.4 Å². The van der Waals surface area contributed by atoms with Gasteiger partial charge in [0.15, 0.2) is 0 Å². The SMILES string of the molecule is COC1(C(=O)NCC(C)N2CCc3ccccc3C2)CCNCC1. The standard InChI is InChI=1S/C19H29N3O2/c1-15(22-12-7-16-5-3-4-6-17(16)14-22)13-21-18(23)19(24-2)8-10-20-11-9-19/h3-6,15,20H,7-14H2,1-2H3,(H,21,23). The summed E-state index contributed by atoms with van der Waals surface area (Å²) in [6.07, 6.45) is 2.56. The fourth-order valence-electron chi connectivity index (χ4n) is 3.78. The topological polar surface area (TPSA) is 53.6 Å². The van der Waals surface area contributed by atoms with Crippen LogP contribution in [0.5, 0.6) is 0 Å². The van der Waals surface area contributed by atoms with E-state index in [4.69, 9.17) is 4.74 Å². The van der Waals surface area contributed by atoms with E-state index in [1.54, 1.807) is 7.11 Å². The van der Waals surface area contributed by atoms with E-state index in [2.05, 4.69) is 46.7 Å². The zero-order valence-electron chi connectivity index (χ0n) is 14.8. The number of methoxy groups -OCH3 is 1. The Labute approximate surface area is 144 Å². The minimum Gasteiger partial charge on any atom is -0.368 e. The van der Waals surface area contributed by atoms with Crippen LogP contribution in [0.4, 0.5) is 0 Å². The largest absolute Gasteiger partial charge is 0.368 e. The van der Waals surface area contributed by atoms with Gasteiger partial charge in [0.2, 0.25) is 0 Å². The molecule has 1 aromatic rings. The average molecular weight is 331 g/mol. The molecule has 1 aromatic carbocycles. The van der Waals surface area contributed by atoms with Gasteiger partial charge in [0.25, 0.3) is 5.91 Å². The molecule has 1 saturated heterocycles. The first-order valence-electron chi connectivity index (χ1n) is 8.99. The summed E-state index contributed by atoms with van der Waals surface area (Å²) >= 11 is 0. The molecule has 1 unspecified atom stereocenters. The van der Waals surface area contributed by atoms with Gasteiger partial charge in [-0.15, -0.1) is 0 Å². The quantitative estimate of drug-likeness (QED) is 0.854. The molecule has 2 aliphatic heterocycles. The molecule has 5 heteroatoms. The second-order valence-corrected chi connectivity index (χ2v) is 7.00. The maximum Gasteiger partial charge on any atom is 0.252 e. The van der Waals surface area contributed by atoms with Crippen LogP contribution in [0.2, 0.25) is 0 Å². The van der Waals surface area contributed by atoms with Crippen molar-refractivity contribution in [1.29, 1.82) is 0 Å². The molecule has 1 amide bonds. The number of fused-ring (bicyclic) bond motifs is 1. The van der Waals surface area contributed by atoms with Crippen molar-refractivity contribution in [3.8, 4) is 0 Å². The molecule has 2 N–H and O–H groups in total. The molecule has 2 heterocycles. The Morgan fingerprint density at radius 1 is 1.33 bits per heavy atom. The van der Waals surface area contributed by atoms with E-state index in [1.807, 2.05) is 0 Å². The van der Waals surface area contributed by atoms with Gasteiger partial charge in [-0.1, -0.05) is 24.3 Å². The van der Waals surface area contributed by atoms with Crippen molar-refractivity contribution in [3.63, 3.8) is 0 Å². The molecule has 132 valence electrons. The first kappa shape index (κ1) is 17.4. The first-order chi connectivity index (χ1) is 11.6. The van der Waals surface area contributed by atoms with Gasteiger partial charge in [0, 0.05) is 32.8 Å². The van der Waals surface area contributed by atoms with Crippen molar-refractivity contribution in [1.82, 2.24) is 15.5 Å². The zero-order chi connectivity index (χ0) is 17.0. The average Bonchev–Trinajstić information content (AvgIpc) is 2.65. The number of hydrogen-bond donors (Lipinski definition) is 2. The summed E-state index contributed by atoms with van der Waals surface area (Å²) in [5.74, 6) is 0.0377. The van der Waals surface area contributed by atoms with Crippen LogP contribution in [0.15, 0.2) is 24.3 Å². The molecule has 0 radical (unpaired) electrons. The van der Waals surface area contributed by atoms with Crippen molar-refractivity contribution in [3.05, 3.63) is 35.4 Å². The van der Waals surface area contributed by atoms with Crippen LogP contribution in [-0.2, 0) is 22.5 Å². The van der Waals surface area contributed by atoms with Crippen molar-refractivity contribution in [2.24, 2.45) is 0 Å². The van der Waals surface area contributed by atoms with Gasteiger partial charge in [-0.2, -0.15) is 0 Å². The van der Waals surface area contributed by atoms with E-state index in [9.17, 15) is 4.79 Å². The number of hydrogen-bond acceptors (Lipinski definition) is 4. The summed E-state index contributed by atoms with van der Waals surface area (Å²) in [6, 6.07) is 8.97. The Hall–Kier alpha value is -1.43. The summed E-state index contributed by atoms with van der Waals surface area (Å²) in [5, 5.41) is 6.42. The Bertz CT molecular complexity index is 569. The van der Waals surface area contributed by atoms with Gasteiger partial charge in [-0.3, -0.25) is 9.69 Å². The lowest BCUT2D eigenvalue weighted by Gasteiger charge is -2.37. The van der Waals surface area contributed by atoms with Crippen LogP contribution in [0.3, 0.4) is 0 Å². The van der Waals surface area contributed by atoms with Gasteiger partial charge < -0.3 is 15.4 Å². The second kappa shape index (κ2) is 7.64. The highest BCUT2D eigenvalue weighted by molar-refractivity contribution is 5.85. The Morgan fingerprint density at radius 3 is 2.75 bits per heavy atom. The molecule has 1 fully saturated rings. The smallest absolute Gasteiger partial charge is 0.252 e. The molecule has 0 spiro atoms. The minimum absolute atomic E-state index is 0.0377. The third kappa shape index (κ3) is 3.63. The van der Waals surface area contributed by atoms with Crippen LogP contribution in [0.1, 0.15) is 30.9 Å². The molecule has 0 bridgehead atoms. The lowest BCUT2D eigenvalue weighted by atomic mass is 9.91. The summed E-state index contributed by atoms with van der Waals surface area (Å²) in [5.41, 5.74) is 2.21. The summed E-state index contributed by atoms with van der Waals surface area (Å²) in [6.45, 7) is 6.54. The number of nitrogens with one attached hydrogen (secondary N) is 2. The maximum absolute atomic E-state index is 12.7. The number of carbonyl (C=O) groups excluding carboxylic acids is 1. The van der Waals surface area contributed by atoms with Gasteiger partial charge in [-0.05, 0) is 50.4 Å². The van der Waals surface area contributed by atoms with Crippen molar-refractivity contribution >= 4 is 5.91 Å². The summed E-state index contributed by atoms with van der Waals surface area (Å²) in [4.78, 5) is 15.1. The van der Waals surface area contributed by atoms with Crippen LogP contribution < -0.4 is 10.6 Å². The first-order valence-corrected chi connectivity index (χ1v) is 8.99. The Morgan fingerprint density at radius 2 is 2.04 bits per heavy atom. The summed E-state index contributed by atoms with van der Waals surface area (Å²) < 4.78 is 5.60. The lowest BCUT2D eigenvalue weighted by molar-refractivity contribution is -0.146. The van der Waals surface area contributed by atoms with E-state index in [0.29, 0.717) is 12.6 Å². The van der Waals surface area contributed by atoms with Crippen LogP contribution in [-0.4, -0.2) is 55.7 Å². The Kier molecular flexibility index (Phi) is 5.54. The monoisotopic (exact) mass is 331 g/mol. The van der Waals surface area contributed by atoms with Gasteiger partial charge in [0.1, 0.15) is 5.60 Å². The fraction of sp³-hybridized carbons (Fsp3) is 0.632. The number of amides is 1. The van der Waals surface area contributed by atoms with Gasteiger partial charge >= 0.3 is 0 Å². The summed E-state index contributed by atoms with van der Waals surface area (Å²) in [7, 11) is 1.65. The molecule has 2 aliphatic rings. The maximum atomic E-state index is 12.7. The number of ether oxygens (including phenoxy) is 1. The lowest BCUT2D eigenvalue weighted by Crippen LogP contribution is -2.56. The van der Waals surface area contributed by atoms with E-state index < -0.39 is 5.60 Å². The van der Waals surface area contributed by atoms with Crippen LogP contribution >= 0.6 is 0 Å². The second-order valence-electron chi connectivity index (χ2n) is 7.00. The van der Waals surface area contributed by atoms with Gasteiger partial charge in [-0.25, -0.2) is 0 Å². The predicted molar refractivity (Wildman–Crippen MR) is 94.9 cm³/mol. The normalized spacial score (nSPS) is 21.8. The Balaban J connectivity index is 1.54. The highest BCUT2D eigenvalue weighted by Gasteiger charge is 2.39. The molecule has 24 heavy (non-hydrogen) atoms. The molecule has 1 atom stereocenters. The third-order valence-corrected chi connectivity index (χ3v) is 5.56. The van der Waals surface area contributed by atoms with Gasteiger partial charge in [0.05, 0.1) is 0 Å². The van der Waals surface area contributed by atoms with Crippen molar-refractivity contribution < 1.29 is 9.53 Å². The molecule has 3 rings (SSSR count). The fourth-order valence-corrected chi connectivity index (χ4v) is 3.78. The van der Waals surface area contributed by atoms with E-state index in [1.165, 1.54) is 11.1 Å². The highest BCUT2D eigenvalue weighted by atomic mass is 16.5. The predicted octanol–water partition coefficient (Wildman–Crippen LogP) is 1.32. The number of benzene rings is 1.